The number of carbonyl (C=O) groups excluding carboxylic acids is 1. The highest BCUT2D eigenvalue weighted by molar-refractivity contribution is 7.80. The van der Waals surface area contributed by atoms with Crippen LogP contribution in [0.1, 0.15) is 0 Å². The Morgan fingerprint density at radius 3 is 2.57 bits per heavy atom. The van der Waals surface area contributed by atoms with Crippen molar-refractivity contribution in [2.24, 2.45) is 5.73 Å². The number of ether oxygens (including phenoxy) is 1. The second-order valence-electron chi connectivity index (χ2n) is 0.891. The van der Waals surface area contributed by atoms with Gasteiger partial charge in [-0.3, -0.25) is 0 Å². The Morgan fingerprint density at radius 2 is 2.43 bits per heavy atom. The van der Waals surface area contributed by atoms with Gasteiger partial charge in [0, 0.05) is 5.75 Å². The Labute approximate surface area is 47.2 Å². The molecule has 0 rings (SSSR count). The first kappa shape index (κ1) is 6.62. The molecule has 0 radical (unpaired) electrons. The normalized spacial score (nSPS) is 8.14. The van der Waals surface area contributed by atoms with Crippen LogP contribution in [0.5, 0.6) is 0 Å². The van der Waals surface area contributed by atoms with E-state index in [9.17, 15) is 4.79 Å². The maximum absolute atomic E-state index is 9.72. The Hall–Kier alpha value is -0.380. The average molecular weight is 121 g/mol. The number of amides is 1. The molecular formula is C3H7NO2S. The van der Waals surface area contributed by atoms with Crippen molar-refractivity contribution in [3.05, 3.63) is 0 Å². The summed E-state index contributed by atoms with van der Waals surface area (Å²) in [5.74, 6) is 0.517. The fourth-order valence-corrected chi connectivity index (χ4v) is 0.238. The highest BCUT2D eigenvalue weighted by Gasteiger charge is 1.86. The lowest BCUT2D eigenvalue weighted by atomic mass is 10.9. The molecule has 2 N–H and O–H groups in total. The first-order valence-electron chi connectivity index (χ1n) is 1.80. The molecule has 0 aromatic rings. The molecule has 0 bridgehead atoms. The standard InChI is InChI=1S/C3H7NO2S/c4-3(5)6-1-2-7/h7H,1-2H2,(H2,4,5). The second kappa shape index (κ2) is 3.80. The number of primary amides is 1. The van der Waals surface area contributed by atoms with Crippen LogP contribution in [0.2, 0.25) is 0 Å². The van der Waals surface area contributed by atoms with E-state index in [1.54, 1.807) is 0 Å². The number of carbonyl (C=O) groups is 1. The molecule has 0 aliphatic heterocycles. The lowest BCUT2D eigenvalue weighted by Crippen LogP contribution is -2.14. The van der Waals surface area contributed by atoms with Crippen LogP contribution < -0.4 is 5.73 Å². The summed E-state index contributed by atoms with van der Waals surface area (Å²) in [5, 5.41) is 0. The summed E-state index contributed by atoms with van der Waals surface area (Å²) in [6, 6.07) is 0. The van der Waals surface area contributed by atoms with Gasteiger partial charge in [-0.2, -0.15) is 12.6 Å². The van der Waals surface area contributed by atoms with E-state index in [4.69, 9.17) is 0 Å². The van der Waals surface area contributed by atoms with Gasteiger partial charge in [-0.25, -0.2) is 4.79 Å². The first-order valence-corrected chi connectivity index (χ1v) is 2.43. The topological polar surface area (TPSA) is 52.3 Å². The smallest absolute Gasteiger partial charge is 0.404 e. The summed E-state index contributed by atoms with van der Waals surface area (Å²) in [6.45, 7) is 0.290. The van der Waals surface area contributed by atoms with Crippen LogP contribution in [0.15, 0.2) is 0 Å². The molecule has 3 nitrogen and oxygen atoms in total. The maximum Gasteiger partial charge on any atom is 0.404 e. The van der Waals surface area contributed by atoms with E-state index < -0.39 is 6.09 Å². The summed E-state index contributed by atoms with van der Waals surface area (Å²) in [5.41, 5.74) is 4.58. The van der Waals surface area contributed by atoms with Crippen molar-refractivity contribution < 1.29 is 9.53 Å². The molecule has 0 atom stereocenters. The van der Waals surface area contributed by atoms with Crippen molar-refractivity contribution in [1.29, 1.82) is 0 Å². The van der Waals surface area contributed by atoms with E-state index in [-0.39, 0.29) is 0 Å². The fraction of sp³-hybridized carbons (Fsp3) is 0.667. The van der Waals surface area contributed by atoms with E-state index in [1.807, 2.05) is 0 Å². The van der Waals surface area contributed by atoms with Crippen molar-refractivity contribution in [2.75, 3.05) is 12.4 Å². The molecule has 0 aromatic carbocycles. The summed E-state index contributed by atoms with van der Waals surface area (Å²) in [7, 11) is 0. The van der Waals surface area contributed by atoms with Gasteiger partial charge in [-0.1, -0.05) is 0 Å². The van der Waals surface area contributed by atoms with Crippen molar-refractivity contribution in [2.45, 2.75) is 0 Å². The molecule has 0 aliphatic carbocycles. The third-order valence-electron chi connectivity index (χ3n) is 0.336. The zero-order chi connectivity index (χ0) is 5.70. The van der Waals surface area contributed by atoms with Crippen molar-refractivity contribution >= 4 is 18.7 Å². The van der Waals surface area contributed by atoms with E-state index >= 15 is 0 Å². The molecule has 7 heavy (non-hydrogen) atoms. The highest BCUT2D eigenvalue weighted by Crippen LogP contribution is 1.75. The monoisotopic (exact) mass is 121 g/mol. The van der Waals surface area contributed by atoms with Gasteiger partial charge < -0.3 is 10.5 Å². The SMILES string of the molecule is NC(=O)OCCS. The summed E-state index contributed by atoms with van der Waals surface area (Å²) < 4.78 is 4.25. The number of hydrogen-bond acceptors (Lipinski definition) is 3. The van der Waals surface area contributed by atoms with Crippen LogP contribution in [0.25, 0.3) is 0 Å². The molecule has 0 fully saturated rings. The average Bonchev–Trinajstić information content (AvgIpc) is 1.61. The van der Waals surface area contributed by atoms with Crippen LogP contribution in [0.4, 0.5) is 4.79 Å². The lowest BCUT2D eigenvalue weighted by Gasteiger charge is -1.93. The van der Waals surface area contributed by atoms with Crippen molar-refractivity contribution in [1.82, 2.24) is 0 Å². The Bertz CT molecular complexity index is 66.0. The number of rotatable bonds is 2. The minimum atomic E-state index is -0.742. The van der Waals surface area contributed by atoms with Gasteiger partial charge in [0.2, 0.25) is 0 Å². The van der Waals surface area contributed by atoms with Crippen LogP contribution >= 0.6 is 12.6 Å². The largest absolute Gasteiger partial charge is 0.449 e. The highest BCUT2D eigenvalue weighted by atomic mass is 32.1. The van der Waals surface area contributed by atoms with E-state index in [1.165, 1.54) is 0 Å². The molecule has 0 aliphatic rings. The molecule has 42 valence electrons. The third-order valence-corrected chi connectivity index (χ3v) is 0.518. The molecule has 4 heteroatoms. The zero-order valence-corrected chi connectivity index (χ0v) is 4.65. The second-order valence-corrected chi connectivity index (χ2v) is 1.34. The first-order chi connectivity index (χ1) is 3.27. The number of hydrogen-bond donors (Lipinski definition) is 2. The van der Waals surface area contributed by atoms with Gasteiger partial charge in [0.1, 0.15) is 6.61 Å². The molecule has 0 aromatic heterocycles. The molecule has 1 amide bonds. The van der Waals surface area contributed by atoms with E-state index in [0.29, 0.717) is 12.4 Å². The van der Waals surface area contributed by atoms with Crippen molar-refractivity contribution in [3.8, 4) is 0 Å². The van der Waals surface area contributed by atoms with Crippen molar-refractivity contribution in [3.63, 3.8) is 0 Å². The third kappa shape index (κ3) is 5.62. The zero-order valence-electron chi connectivity index (χ0n) is 3.76. The molecule has 0 saturated heterocycles. The van der Waals surface area contributed by atoms with Crippen LogP contribution in [0, 0.1) is 0 Å². The van der Waals surface area contributed by atoms with Crippen LogP contribution in [0.3, 0.4) is 0 Å². The summed E-state index contributed by atoms with van der Waals surface area (Å²) >= 11 is 3.76. The van der Waals surface area contributed by atoms with Gasteiger partial charge in [-0.05, 0) is 0 Å². The Morgan fingerprint density at radius 1 is 1.86 bits per heavy atom. The molecule has 0 unspecified atom stereocenters. The van der Waals surface area contributed by atoms with E-state index in [2.05, 4.69) is 23.1 Å². The molecule has 0 spiro atoms. The maximum atomic E-state index is 9.72. The summed E-state index contributed by atoms with van der Waals surface area (Å²) in [6.07, 6.45) is -0.742. The van der Waals surface area contributed by atoms with Crippen LogP contribution in [-0.2, 0) is 4.74 Å². The van der Waals surface area contributed by atoms with E-state index in [0.717, 1.165) is 0 Å². The molecular weight excluding hydrogens is 114 g/mol. The van der Waals surface area contributed by atoms with Crippen LogP contribution in [-0.4, -0.2) is 18.5 Å². The predicted octanol–water partition coefficient (Wildman–Crippen LogP) is 0.0115. The summed E-state index contributed by atoms with van der Waals surface area (Å²) in [4.78, 5) is 9.72. The minimum absolute atomic E-state index is 0.290. The Kier molecular flexibility index (Phi) is 3.59. The van der Waals surface area contributed by atoms with Gasteiger partial charge >= 0.3 is 6.09 Å². The quantitative estimate of drug-likeness (QED) is 0.506. The molecule has 0 saturated carbocycles. The van der Waals surface area contributed by atoms with Gasteiger partial charge in [-0.15, -0.1) is 0 Å². The number of nitrogens with two attached hydrogens (primary N) is 1. The molecule has 0 heterocycles. The minimum Gasteiger partial charge on any atom is -0.449 e. The van der Waals surface area contributed by atoms with Gasteiger partial charge in [0.25, 0.3) is 0 Å². The predicted molar refractivity (Wildman–Crippen MR) is 29.4 cm³/mol. The number of thiol groups is 1. The van der Waals surface area contributed by atoms with Gasteiger partial charge in [0.15, 0.2) is 0 Å². The van der Waals surface area contributed by atoms with Gasteiger partial charge in [0.05, 0.1) is 0 Å². The Balaban J connectivity index is 2.82. The lowest BCUT2D eigenvalue weighted by molar-refractivity contribution is 0.164. The fourth-order valence-electron chi connectivity index (χ4n) is 0.146.